The molecule has 6 heteroatoms. The maximum absolute atomic E-state index is 13.2. The number of nitrogens with one attached hydrogen (secondary N) is 1. The molecule has 0 aliphatic carbocycles. The first kappa shape index (κ1) is 15.7. The van der Waals surface area contributed by atoms with Gasteiger partial charge in [-0.25, -0.2) is 19.3 Å². The molecular formula is C19H14ClFN4. The second kappa shape index (κ2) is 6.61. The highest BCUT2D eigenvalue weighted by Gasteiger charge is 2.08. The number of pyridine rings is 1. The van der Waals surface area contributed by atoms with Gasteiger partial charge in [-0.15, -0.1) is 0 Å². The van der Waals surface area contributed by atoms with Crippen LogP contribution in [-0.4, -0.2) is 19.9 Å². The largest absolute Gasteiger partial charge is 0.346 e. The monoisotopic (exact) mass is 352 g/mol. The number of aromatic nitrogens is 4. The molecule has 3 heterocycles. The van der Waals surface area contributed by atoms with E-state index in [0.29, 0.717) is 23.7 Å². The fourth-order valence-electron chi connectivity index (χ4n) is 2.79. The van der Waals surface area contributed by atoms with Gasteiger partial charge in [0.1, 0.15) is 17.3 Å². The van der Waals surface area contributed by atoms with Gasteiger partial charge in [0.15, 0.2) is 0 Å². The van der Waals surface area contributed by atoms with Crippen LogP contribution in [0, 0.1) is 5.82 Å². The van der Waals surface area contributed by atoms with Crippen LogP contribution in [-0.2, 0) is 12.8 Å². The maximum atomic E-state index is 13.2. The molecule has 1 N–H and O–H groups in total. The number of fused-ring (bicyclic) bond motifs is 1. The Balaban J connectivity index is 1.53. The summed E-state index contributed by atoms with van der Waals surface area (Å²) >= 11 is 6.03. The van der Waals surface area contributed by atoms with Crippen molar-refractivity contribution in [3.63, 3.8) is 0 Å². The first-order valence-corrected chi connectivity index (χ1v) is 8.21. The van der Waals surface area contributed by atoms with Gasteiger partial charge in [0.25, 0.3) is 0 Å². The standard InChI is InChI=1S/C19H14ClFN4/c20-15-7-17-14(10-24-19(17)25-11-15)4-13-8-22-18(23-9-13)6-12-2-1-3-16(21)5-12/h1-3,5,7-11H,4,6H2,(H,24,25). The molecule has 0 atom stereocenters. The minimum atomic E-state index is -0.249. The zero-order valence-electron chi connectivity index (χ0n) is 13.2. The summed E-state index contributed by atoms with van der Waals surface area (Å²) in [5.41, 5.74) is 3.74. The Kier molecular flexibility index (Phi) is 4.15. The van der Waals surface area contributed by atoms with Gasteiger partial charge < -0.3 is 4.98 Å². The molecule has 1 aromatic carbocycles. The second-order valence-electron chi connectivity index (χ2n) is 5.85. The Morgan fingerprint density at radius 2 is 1.80 bits per heavy atom. The minimum Gasteiger partial charge on any atom is -0.346 e. The molecule has 0 spiro atoms. The van der Waals surface area contributed by atoms with E-state index in [4.69, 9.17) is 11.6 Å². The highest BCUT2D eigenvalue weighted by atomic mass is 35.5. The molecule has 0 fully saturated rings. The Morgan fingerprint density at radius 3 is 2.60 bits per heavy atom. The predicted molar refractivity (Wildman–Crippen MR) is 95.1 cm³/mol. The molecule has 0 saturated heterocycles. The minimum absolute atomic E-state index is 0.249. The van der Waals surface area contributed by atoms with E-state index < -0.39 is 0 Å². The van der Waals surface area contributed by atoms with Gasteiger partial charge in [0, 0.05) is 43.0 Å². The molecule has 4 nitrogen and oxygen atoms in total. The highest BCUT2D eigenvalue weighted by Crippen LogP contribution is 2.22. The Bertz CT molecular complexity index is 1030. The summed E-state index contributed by atoms with van der Waals surface area (Å²) in [6, 6.07) is 8.38. The van der Waals surface area contributed by atoms with E-state index in [-0.39, 0.29) is 5.82 Å². The van der Waals surface area contributed by atoms with E-state index in [2.05, 4.69) is 19.9 Å². The van der Waals surface area contributed by atoms with Crippen LogP contribution in [0.3, 0.4) is 0 Å². The molecule has 124 valence electrons. The average Bonchev–Trinajstić information content (AvgIpc) is 2.99. The summed E-state index contributed by atoms with van der Waals surface area (Å²) in [5, 5.41) is 1.60. The van der Waals surface area contributed by atoms with Gasteiger partial charge in [0.05, 0.1) is 5.02 Å². The SMILES string of the molecule is Fc1cccc(Cc2ncc(Cc3c[nH]c4ncc(Cl)cc34)cn2)c1. The number of hydrogen-bond acceptors (Lipinski definition) is 3. The van der Waals surface area contributed by atoms with Crippen molar-refractivity contribution in [1.29, 1.82) is 0 Å². The third-order valence-electron chi connectivity index (χ3n) is 3.99. The van der Waals surface area contributed by atoms with E-state index in [0.717, 1.165) is 27.7 Å². The van der Waals surface area contributed by atoms with Crippen molar-refractivity contribution in [3.8, 4) is 0 Å². The Hall–Kier alpha value is -2.79. The molecule has 0 radical (unpaired) electrons. The molecule has 0 aliphatic rings. The first-order valence-electron chi connectivity index (χ1n) is 7.83. The second-order valence-corrected chi connectivity index (χ2v) is 6.29. The molecular weight excluding hydrogens is 339 g/mol. The summed E-state index contributed by atoms with van der Waals surface area (Å²) in [5.74, 6) is 0.415. The number of nitrogens with zero attached hydrogens (tertiary/aromatic N) is 3. The zero-order valence-corrected chi connectivity index (χ0v) is 14.0. The molecule has 0 bridgehead atoms. The van der Waals surface area contributed by atoms with Crippen molar-refractivity contribution in [1.82, 2.24) is 19.9 Å². The van der Waals surface area contributed by atoms with Crippen molar-refractivity contribution in [2.45, 2.75) is 12.8 Å². The molecule has 0 aliphatic heterocycles. The summed E-state index contributed by atoms with van der Waals surface area (Å²) in [4.78, 5) is 16.2. The normalized spacial score (nSPS) is 11.1. The number of aromatic amines is 1. The van der Waals surface area contributed by atoms with E-state index in [9.17, 15) is 4.39 Å². The van der Waals surface area contributed by atoms with Gasteiger partial charge in [-0.3, -0.25) is 0 Å². The number of benzene rings is 1. The lowest BCUT2D eigenvalue weighted by Gasteiger charge is -2.03. The van der Waals surface area contributed by atoms with Crippen molar-refractivity contribution in [2.75, 3.05) is 0 Å². The summed E-state index contributed by atoms with van der Waals surface area (Å²) < 4.78 is 13.2. The van der Waals surface area contributed by atoms with Crippen LogP contribution in [0.4, 0.5) is 4.39 Å². The highest BCUT2D eigenvalue weighted by molar-refractivity contribution is 6.31. The van der Waals surface area contributed by atoms with E-state index in [1.165, 1.54) is 12.1 Å². The molecule has 4 rings (SSSR count). The predicted octanol–water partition coefficient (Wildman–Crippen LogP) is 4.33. The fraction of sp³-hybridized carbons (Fsp3) is 0.105. The number of H-pyrrole nitrogens is 1. The molecule has 25 heavy (non-hydrogen) atoms. The van der Waals surface area contributed by atoms with Crippen molar-refractivity contribution < 1.29 is 4.39 Å². The summed E-state index contributed by atoms with van der Waals surface area (Å²) in [6.45, 7) is 0. The van der Waals surface area contributed by atoms with Crippen molar-refractivity contribution in [3.05, 3.63) is 88.5 Å². The summed E-state index contributed by atoms with van der Waals surface area (Å²) in [6.07, 6.45) is 8.34. The number of hydrogen-bond donors (Lipinski definition) is 1. The third kappa shape index (κ3) is 3.51. The van der Waals surface area contributed by atoms with Crippen LogP contribution in [0.5, 0.6) is 0 Å². The molecule has 4 aromatic rings. The van der Waals surface area contributed by atoms with Crippen LogP contribution in [0.2, 0.25) is 5.02 Å². The number of rotatable bonds is 4. The average molecular weight is 353 g/mol. The van der Waals surface area contributed by atoms with Crippen molar-refractivity contribution in [2.24, 2.45) is 0 Å². The fourth-order valence-corrected chi connectivity index (χ4v) is 2.95. The smallest absolute Gasteiger partial charge is 0.137 e. The molecule has 3 aromatic heterocycles. The zero-order chi connectivity index (χ0) is 17.2. The molecule has 0 saturated carbocycles. The van der Waals surface area contributed by atoms with Gasteiger partial charge in [-0.1, -0.05) is 23.7 Å². The van der Waals surface area contributed by atoms with Gasteiger partial charge >= 0.3 is 0 Å². The lowest BCUT2D eigenvalue weighted by atomic mass is 10.1. The van der Waals surface area contributed by atoms with E-state index >= 15 is 0 Å². The molecule has 0 unspecified atom stereocenters. The summed E-state index contributed by atoms with van der Waals surface area (Å²) in [7, 11) is 0. The van der Waals surface area contributed by atoms with Gasteiger partial charge in [-0.2, -0.15) is 0 Å². The van der Waals surface area contributed by atoms with Crippen molar-refractivity contribution >= 4 is 22.6 Å². The van der Waals surface area contributed by atoms with E-state index in [1.807, 2.05) is 18.3 Å². The Labute approximate surface area is 148 Å². The topological polar surface area (TPSA) is 54.5 Å². The van der Waals surface area contributed by atoms with Gasteiger partial charge in [0.2, 0.25) is 0 Å². The maximum Gasteiger partial charge on any atom is 0.137 e. The number of halogens is 2. The lowest BCUT2D eigenvalue weighted by molar-refractivity contribution is 0.625. The van der Waals surface area contributed by atoms with Crippen LogP contribution in [0.1, 0.15) is 22.5 Å². The third-order valence-corrected chi connectivity index (χ3v) is 4.19. The van der Waals surface area contributed by atoms with Crippen LogP contribution in [0.25, 0.3) is 11.0 Å². The quantitative estimate of drug-likeness (QED) is 0.595. The first-order chi connectivity index (χ1) is 12.2. The van der Waals surface area contributed by atoms with Crippen LogP contribution in [0.15, 0.2) is 55.1 Å². The van der Waals surface area contributed by atoms with Gasteiger partial charge in [-0.05, 0) is 34.9 Å². The van der Waals surface area contributed by atoms with Crippen LogP contribution >= 0.6 is 11.6 Å². The van der Waals surface area contributed by atoms with E-state index in [1.54, 1.807) is 24.7 Å². The lowest BCUT2D eigenvalue weighted by Crippen LogP contribution is -1.99. The molecule has 0 amide bonds. The Morgan fingerprint density at radius 1 is 0.960 bits per heavy atom. The van der Waals surface area contributed by atoms with Crippen LogP contribution < -0.4 is 0 Å².